The summed E-state index contributed by atoms with van der Waals surface area (Å²) in [7, 11) is 0. The Hall–Kier alpha value is -6.90. The molecule has 0 saturated heterocycles. The van der Waals surface area contributed by atoms with Crippen LogP contribution < -0.4 is 4.90 Å². The summed E-state index contributed by atoms with van der Waals surface area (Å²) in [6.07, 6.45) is 0. The van der Waals surface area contributed by atoms with Crippen LogP contribution in [0, 0.1) is 0 Å². The van der Waals surface area contributed by atoms with Gasteiger partial charge in [0.25, 0.3) is 0 Å². The van der Waals surface area contributed by atoms with Gasteiger partial charge in [-0.1, -0.05) is 153 Å². The Kier molecular flexibility index (Phi) is 6.93. The fourth-order valence-corrected chi connectivity index (χ4v) is 9.16. The van der Waals surface area contributed by atoms with E-state index in [-0.39, 0.29) is 5.41 Å². The summed E-state index contributed by atoms with van der Waals surface area (Å²) in [6, 6.07) is 68.5. The molecule has 1 aliphatic carbocycles. The SMILES string of the molecule is CC1(C)c2ccccc2-c2cc(N(c3ccc(-c4cc5c6ccccc6oc5c5ccccc45)cc3)c3cccc(-c4cccc5ccccc45)c3)ccc21. The highest BCUT2D eigenvalue weighted by Crippen LogP contribution is 2.51. The third kappa shape index (κ3) is 4.88. The Morgan fingerprint density at radius 2 is 1.02 bits per heavy atom. The molecular formula is C53H37NO. The van der Waals surface area contributed by atoms with E-state index in [1.807, 2.05) is 6.07 Å². The summed E-state index contributed by atoms with van der Waals surface area (Å²) in [5, 5.41) is 7.09. The molecule has 2 nitrogen and oxygen atoms in total. The highest BCUT2D eigenvalue weighted by Gasteiger charge is 2.35. The number of nitrogens with zero attached hydrogens (tertiary/aromatic N) is 1. The Bertz CT molecular complexity index is 3120. The first-order valence-corrected chi connectivity index (χ1v) is 19.1. The van der Waals surface area contributed by atoms with Crippen LogP contribution in [0.25, 0.3) is 76.9 Å². The largest absolute Gasteiger partial charge is 0.455 e. The van der Waals surface area contributed by atoms with Crippen LogP contribution in [0.4, 0.5) is 17.1 Å². The summed E-state index contributed by atoms with van der Waals surface area (Å²) < 4.78 is 6.43. The molecule has 0 amide bonds. The number of furan rings is 1. The number of fused-ring (bicyclic) bond motifs is 9. The Balaban J connectivity index is 1.09. The van der Waals surface area contributed by atoms with Gasteiger partial charge in [-0.05, 0) is 109 Å². The van der Waals surface area contributed by atoms with Crippen molar-refractivity contribution < 1.29 is 4.42 Å². The van der Waals surface area contributed by atoms with Crippen molar-refractivity contribution in [2.75, 3.05) is 4.90 Å². The molecule has 0 saturated carbocycles. The van der Waals surface area contributed by atoms with Gasteiger partial charge in [0, 0.05) is 38.6 Å². The predicted octanol–water partition coefficient (Wildman–Crippen LogP) is 15.0. The fourth-order valence-electron chi connectivity index (χ4n) is 9.16. The maximum absolute atomic E-state index is 6.43. The summed E-state index contributed by atoms with van der Waals surface area (Å²) in [5.74, 6) is 0. The average molecular weight is 704 g/mol. The maximum Gasteiger partial charge on any atom is 0.143 e. The van der Waals surface area contributed by atoms with Crippen molar-refractivity contribution in [1.29, 1.82) is 0 Å². The molecule has 0 aliphatic heterocycles. The first kappa shape index (κ1) is 31.6. The normalized spacial score (nSPS) is 13.1. The van der Waals surface area contributed by atoms with Crippen LogP contribution >= 0.6 is 0 Å². The smallest absolute Gasteiger partial charge is 0.143 e. The van der Waals surface area contributed by atoms with Crippen molar-refractivity contribution in [1.82, 2.24) is 0 Å². The van der Waals surface area contributed by atoms with Gasteiger partial charge in [-0.25, -0.2) is 0 Å². The van der Waals surface area contributed by atoms with E-state index >= 15 is 0 Å². The second kappa shape index (κ2) is 12.1. The second-order valence-electron chi connectivity index (χ2n) is 15.3. The van der Waals surface area contributed by atoms with Crippen LogP contribution in [0.1, 0.15) is 25.0 Å². The van der Waals surface area contributed by atoms with Gasteiger partial charge in [0.15, 0.2) is 0 Å². The van der Waals surface area contributed by atoms with Crippen LogP contribution in [0.3, 0.4) is 0 Å². The highest BCUT2D eigenvalue weighted by molar-refractivity contribution is 6.19. The molecule has 10 aromatic rings. The van der Waals surface area contributed by atoms with E-state index in [2.05, 4.69) is 201 Å². The highest BCUT2D eigenvalue weighted by atomic mass is 16.3. The van der Waals surface area contributed by atoms with Gasteiger partial charge < -0.3 is 9.32 Å². The second-order valence-corrected chi connectivity index (χ2v) is 15.3. The third-order valence-corrected chi connectivity index (χ3v) is 11.9. The number of rotatable bonds is 5. The van der Waals surface area contributed by atoms with E-state index < -0.39 is 0 Å². The summed E-state index contributed by atoms with van der Waals surface area (Å²) in [6.45, 7) is 4.68. The number of para-hydroxylation sites is 1. The van der Waals surface area contributed by atoms with Crippen LogP contribution in [-0.4, -0.2) is 0 Å². The van der Waals surface area contributed by atoms with Crippen molar-refractivity contribution in [3.8, 4) is 33.4 Å². The molecule has 1 aliphatic rings. The zero-order valence-corrected chi connectivity index (χ0v) is 30.8. The van der Waals surface area contributed by atoms with Crippen molar-refractivity contribution in [3.05, 3.63) is 199 Å². The zero-order valence-electron chi connectivity index (χ0n) is 30.8. The molecule has 0 spiro atoms. The lowest BCUT2D eigenvalue weighted by atomic mass is 9.82. The quantitative estimate of drug-likeness (QED) is 0.177. The Morgan fingerprint density at radius 3 is 1.89 bits per heavy atom. The monoisotopic (exact) mass is 703 g/mol. The number of benzene rings is 9. The molecule has 260 valence electrons. The Morgan fingerprint density at radius 1 is 0.382 bits per heavy atom. The minimum atomic E-state index is -0.0601. The molecule has 0 radical (unpaired) electrons. The van der Waals surface area contributed by atoms with Crippen molar-refractivity contribution >= 4 is 60.5 Å². The van der Waals surface area contributed by atoms with E-state index in [0.717, 1.165) is 44.4 Å². The topological polar surface area (TPSA) is 16.4 Å². The molecule has 0 fully saturated rings. The molecule has 1 aromatic heterocycles. The molecule has 2 heteroatoms. The van der Waals surface area contributed by atoms with E-state index in [4.69, 9.17) is 4.42 Å². The van der Waals surface area contributed by atoms with Crippen LogP contribution in [0.15, 0.2) is 192 Å². The molecule has 0 N–H and O–H groups in total. The van der Waals surface area contributed by atoms with Crippen molar-refractivity contribution in [2.24, 2.45) is 0 Å². The molecule has 0 atom stereocenters. The molecule has 0 bridgehead atoms. The first-order chi connectivity index (χ1) is 27.0. The fraction of sp³-hybridized carbons (Fsp3) is 0.0566. The molecule has 55 heavy (non-hydrogen) atoms. The molecule has 9 aromatic carbocycles. The van der Waals surface area contributed by atoms with Crippen LogP contribution in [0.5, 0.6) is 0 Å². The minimum absolute atomic E-state index is 0.0601. The van der Waals surface area contributed by atoms with Gasteiger partial charge in [0.05, 0.1) is 0 Å². The molecule has 0 unspecified atom stereocenters. The van der Waals surface area contributed by atoms with Crippen molar-refractivity contribution in [2.45, 2.75) is 19.3 Å². The molecule has 1 heterocycles. The van der Waals surface area contributed by atoms with Crippen LogP contribution in [0.2, 0.25) is 0 Å². The first-order valence-electron chi connectivity index (χ1n) is 19.1. The standard InChI is InChI=1S/C53H37NO/c1-53(2)49-23-9-7-19-43(49)47-32-39(29-30-50(47)53)54(38-16-11-15-36(31-38)41-22-12-14-34-13-3-4-17-40(34)41)37-27-25-35(26-28-37)46-33-48-44-20-8-10-24-51(44)55-52(48)45-21-6-5-18-42(45)46/h3-33H,1-2H3. The number of anilines is 3. The Labute approximate surface area is 320 Å². The molecule has 11 rings (SSSR count). The summed E-state index contributed by atoms with van der Waals surface area (Å²) in [4.78, 5) is 2.41. The van der Waals surface area contributed by atoms with Gasteiger partial charge in [-0.3, -0.25) is 0 Å². The van der Waals surface area contributed by atoms with E-state index in [1.165, 1.54) is 60.7 Å². The van der Waals surface area contributed by atoms with E-state index in [9.17, 15) is 0 Å². The average Bonchev–Trinajstić information content (AvgIpc) is 3.73. The van der Waals surface area contributed by atoms with Gasteiger partial charge in [-0.15, -0.1) is 0 Å². The lowest BCUT2D eigenvalue weighted by Gasteiger charge is -2.28. The van der Waals surface area contributed by atoms with Crippen LogP contribution in [-0.2, 0) is 5.41 Å². The number of hydrogen-bond acceptors (Lipinski definition) is 2. The molecular weight excluding hydrogens is 667 g/mol. The summed E-state index contributed by atoms with van der Waals surface area (Å²) >= 11 is 0. The van der Waals surface area contributed by atoms with Gasteiger partial charge >= 0.3 is 0 Å². The maximum atomic E-state index is 6.43. The van der Waals surface area contributed by atoms with Gasteiger partial charge in [0.2, 0.25) is 0 Å². The van der Waals surface area contributed by atoms with E-state index in [1.54, 1.807) is 0 Å². The zero-order chi connectivity index (χ0) is 36.7. The van der Waals surface area contributed by atoms with Gasteiger partial charge in [0.1, 0.15) is 11.2 Å². The third-order valence-electron chi connectivity index (χ3n) is 11.9. The minimum Gasteiger partial charge on any atom is -0.455 e. The van der Waals surface area contributed by atoms with Crippen molar-refractivity contribution in [3.63, 3.8) is 0 Å². The summed E-state index contributed by atoms with van der Waals surface area (Å²) in [5.41, 5.74) is 15.3. The lowest BCUT2D eigenvalue weighted by Crippen LogP contribution is -2.15. The lowest BCUT2D eigenvalue weighted by molar-refractivity contribution is 0.660. The number of hydrogen-bond donors (Lipinski definition) is 0. The van der Waals surface area contributed by atoms with E-state index in [0.29, 0.717) is 0 Å². The predicted molar refractivity (Wildman–Crippen MR) is 232 cm³/mol. The van der Waals surface area contributed by atoms with Gasteiger partial charge in [-0.2, -0.15) is 0 Å².